The van der Waals surface area contributed by atoms with E-state index in [9.17, 15) is 4.79 Å². The summed E-state index contributed by atoms with van der Waals surface area (Å²) < 4.78 is 10.4. The van der Waals surface area contributed by atoms with Crippen molar-refractivity contribution in [3.8, 4) is 0 Å². The molecule has 8 heteroatoms. The third-order valence-electron chi connectivity index (χ3n) is 3.48. The van der Waals surface area contributed by atoms with Gasteiger partial charge in [-0.15, -0.1) is 23.1 Å². The van der Waals surface area contributed by atoms with Crippen LogP contribution < -0.4 is 0 Å². The van der Waals surface area contributed by atoms with Crippen LogP contribution in [0, 0.1) is 6.92 Å². The van der Waals surface area contributed by atoms with Gasteiger partial charge in [-0.05, 0) is 19.1 Å². The third-order valence-corrected chi connectivity index (χ3v) is 5.41. The monoisotopic (exact) mass is 389 g/mol. The van der Waals surface area contributed by atoms with Gasteiger partial charge in [0.25, 0.3) is 5.89 Å². The Morgan fingerprint density at radius 2 is 2.12 bits per heavy atom. The number of rotatable bonds is 7. The molecule has 1 aromatic carbocycles. The zero-order valence-electron chi connectivity index (χ0n) is 14.8. The molecule has 3 aromatic rings. The van der Waals surface area contributed by atoms with Crippen LogP contribution in [0.15, 0.2) is 39.1 Å². The van der Waals surface area contributed by atoms with E-state index in [0.717, 1.165) is 15.6 Å². The smallest absolute Gasteiger partial charge is 0.339 e. The summed E-state index contributed by atoms with van der Waals surface area (Å²) >= 11 is 3.18. The highest BCUT2D eigenvalue weighted by atomic mass is 32.2. The van der Waals surface area contributed by atoms with Crippen molar-refractivity contribution in [2.75, 3.05) is 0 Å². The molecule has 0 bridgehead atoms. The summed E-state index contributed by atoms with van der Waals surface area (Å²) in [7, 11) is 0. The number of benzene rings is 1. The van der Waals surface area contributed by atoms with Gasteiger partial charge in [-0.2, -0.15) is 4.98 Å². The van der Waals surface area contributed by atoms with Gasteiger partial charge in [0.05, 0.1) is 16.3 Å². The summed E-state index contributed by atoms with van der Waals surface area (Å²) in [4.78, 5) is 22.0. The first kappa shape index (κ1) is 18.6. The molecule has 0 aliphatic carbocycles. The zero-order chi connectivity index (χ0) is 18.5. The second kappa shape index (κ2) is 8.46. The average molecular weight is 390 g/mol. The van der Waals surface area contributed by atoms with Crippen molar-refractivity contribution in [3.63, 3.8) is 0 Å². The predicted molar refractivity (Wildman–Crippen MR) is 100 cm³/mol. The van der Waals surface area contributed by atoms with Crippen molar-refractivity contribution in [2.45, 2.75) is 43.9 Å². The molecule has 0 aliphatic heterocycles. The standard InChI is InChI=1S/C18H19N3O3S2/c1-11(2)17-20-16(24-21-17)8-23-18(22)14-6-4-5-7-15(14)26-10-13-9-25-12(3)19-13/h4-7,9,11H,8,10H2,1-3H3. The van der Waals surface area contributed by atoms with Crippen LogP contribution in [0.1, 0.15) is 52.5 Å². The normalized spacial score (nSPS) is 11.1. The van der Waals surface area contributed by atoms with Crippen molar-refractivity contribution in [3.05, 3.63) is 57.6 Å². The molecule has 0 saturated heterocycles. The molecule has 2 heterocycles. The molecule has 3 rings (SSSR count). The predicted octanol–water partition coefficient (Wildman–Crippen LogP) is 4.61. The summed E-state index contributed by atoms with van der Waals surface area (Å²) in [6, 6.07) is 7.38. The fraction of sp³-hybridized carbons (Fsp3) is 0.333. The summed E-state index contributed by atoms with van der Waals surface area (Å²) in [5, 5.41) is 6.93. The molecule has 0 radical (unpaired) electrons. The molecular weight excluding hydrogens is 370 g/mol. The number of ether oxygens (including phenoxy) is 1. The first-order valence-corrected chi connectivity index (χ1v) is 10.0. The number of thiazole rings is 1. The minimum Gasteiger partial charge on any atom is -0.452 e. The van der Waals surface area contributed by atoms with Crippen LogP contribution >= 0.6 is 23.1 Å². The fourth-order valence-electron chi connectivity index (χ4n) is 2.15. The number of hydrogen-bond acceptors (Lipinski definition) is 8. The van der Waals surface area contributed by atoms with Crippen LogP contribution in [-0.4, -0.2) is 21.1 Å². The molecular formula is C18H19N3O3S2. The topological polar surface area (TPSA) is 78.1 Å². The van der Waals surface area contributed by atoms with E-state index in [4.69, 9.17) is 9.26 Å². The Bertz CT molecular complexity index is 889. The number of thioether (sulfide) groups is 1. The Kier molecular flexibility index (Phi) is 6.05. The number of hydrogen-bond donors (Lipinski definition) is 0. The summed E-state index contributed by atoms with van der Waals surface area (Å²) in [6.45, 7) is 5.88. The first-order chi connectivity index (χ1) is 12.5. The minimum atomic E-state index is -0.410. The van der Waals surface area contributed by atoms with Crippen LogP contribution in [0.2, 0.25) is 0 Å². The van der Waals surface area contributed by atoms with E-state index < -0.39 is 5.97 Å². The Morgan fingerprint density at radius 1 is 1.31 bits per heavy atom. The van der Waals surface area contributed by atoms with Crippen LogP contribution in [0.4, 0.5) is 0 Å². The molecule has 0 spiro atoms. The number of carbonyl (C=O) groups excluding carboxylic acids is 1. The summed E-state index contributed by atoms with van der Waals surface area (Å²) in [6.07, 6.45) is 0. The van der Waals surface area contributed by atoms with Crippen LogP contribution in [-0.2, 0) is 17.1 Å². The minimum absolute atomic E-state index is 0.0389. The highest BCUT2D eigenvalue weighted by Gasteiger charge is 2.16. The molecule has 0 aliphatic rings. The van der Waals surface area contributed by atoms with Crippen molar-refractivity contribution in [1.82, 2.24) is 15.1 Å². The molecule has 2 aromatic heterocycles. The highest BCUT2D eigenvalue weighted by Crippen LogP contribution is 2.27. The molecule has 0 atom stereocenters. The van der Waals surface area contributed by atoms with Crippen LogP contribution in [0.25, 0.3) is 0 Å². The Hall–Kier alpha value is -2.19. The molecule has 26 heavy (non-hydrogen) atoms. The largest absolute Gasteiger partial charge is 0.452 e. The van der Waals surface area contributed by atoms with Crippen molar-refractivity contribution < 1.29 is 14.1 Å². The molecule has 0 N–H and O–H groups in total. The van der Waals surface area contributed by atoms with E-state index in [0.29, 0.717) is 23.0 Å². The number of aryl methyl sites for hydroxylation is 1. The molecule has 136 valence electrons. The van der Waals surface area contributed by atoms with Crippen LogP contribution in [0.3, 0.4) is 0 Å². The van der Waals surface area contributed by atoms with E-state index in [-0.39, 0.29) is 12.5 Å². The second-order valence-corrected chi connectivity index (χ2v) is 8.00. The lowest BCUT2D eigenvalue weighted by molar-refractivity contribution is 0.0425. The SMILES string of the molecule is Cc1nc(CSc2ccccc2C(=O)OCc2nc(C(C)C)no2)cs1. The van der Waals surface area contributed by atoms with Crippen molar-refractivity contribution in [1.29, 1.82) is 0 Å². The fourth-order valence-corrected chi connectivity index (χ4v) is 3.80. The van der Waals surface area contributed by atoms with E-state index in [1.165, 1.54) is 0 Å². The van der Waals surface area contributed by atoms with Gasteiger partial charge in [-0.25, -0.2) is 9.78 Å². The maximum atomic E-state index is 12.5. The lowest BCUT2D eigenvalue weighted by Crippen LogP contribution is -2.07. The van der Waals surface area contributed by atoms with E-state index >= 15 is 0 Å². The highest BCUT2D eigenvalue weighted by molar-refractivity contribution is 7.98. The molecule has 0 unspecified atom stereocenters. The van der Waals surface area contributed by atoms with Crippen molar-refractivity contribution in [2.24, 2.45) is 0 Å². The molecule has 0 saturated carbocycles. The van der Waals surface area contributed by atoms with Gasteiger partial charge in [0.15, 0.2) is 12.4 Å². The number of esters is 1. The van der Waals surface area contributed by atoms with E-state index in [2.05, 4.69) is 15.1 Å². The zero-order valence-corrected chi connectivity index (χ0v) is 16.4. The van der Waals surface area contributed by atoms with E-state index in [1.807, 2.05) is 44.4 Å². The Balaban J connectivity index is 1.63. The third kappa shape index (κ3) is 4.70. The van der Waals surface area contributed by atoms with Gasteiger partial charge in [-0.3, -0.25) is 0 Å². The maximum absolute atomic E-state index is 12.5. The average Bonchev–Trinajstić information content (AvgIpc) is 3.27. The number of nitrogens with zero attached hydrogens (tertiary/aromatic N) is 3. The molecule has 6 nitrogen and oxygen atoms in total. The summed E-state index contributed by atoms with van der Waals surface area (Å²) in [5.41, 5.74) is 1.53. The first-order valence-electron chi connectivity index (χ1n) is 8.15. The molecule has 0 amide bonds. The Morgan fingerprint density at radius 3 is 2.81 bits per heavy atom. The van der Waals surface area contributed by atoms with Gasteiger partial charge in [0, 0.05) is 21.9 Å². The quantitative estimate of drug-likeness (QED) is 0.431. The summed E-state index contributed by atoms with van der Waals surface area (Å²) in [5.74, 6) is 1.35. The number of carbonyl (C=O) groups is 1. The molecule has 0 fully saturated rings. The van der Waals surface area contributed by atoms with Crippen molar-refractivity contribution >= 4 is 29.1 Å². The Labute approximate surface area is 160 Å². The van der Waals surface area contributed by atoms with Gasteiger partial charge < -0.3 is 9.26 Å². The second-order valence-electron chi connectivity index (χ2n) is 5.92. The van der Waals surface area contributed by atoms with Gasteiger partial charge >= 0.3 is 5.97 Å². The van der Waals surface area contributed by atoms with Crippen LogP contribution in [0.5, 0.6) is 0 Å². The van der Waals surface area contributed by atoms with E-state index in [1.54, 1.807) is 29.2 Å². The lowest BCUT2D eigenvalue weighted by atomic mass is 10.2. The van der Waals surface area contributed by atoms with Gasteiger partial charge in [0.1, 0.15) is 0 Å². The van der Waals surface area contributed by atoms with Gasteiger partial charge in [0.2, 0.25) is 0 Å². The number of aromatic nitrogens is 3. The maximum Gasteiger partial charge on any atom is 0.339 e. The lowest BCUT2D eigenvalue weighted by Gasteiger charge is -2.07. The van der Waals surface area contributed by atoms with Gasteiger partial charge in [-0.1, -0.05) is 31.1 Å².